The largest absolute Gasteiger partial charge is 0.372 e. The zero-order valence-corrected chi connectivity index (χ0v) is 14.6. The summed E-state index contributed by atoms with van der Waals surface area (Å²) in [6, 6.07) is 6.45. The molecule has 4 aliphatic rings. The number of rotatable bonds is 5. The van der Waals surface area contributed by atoms with Crippen LogP contribution in [0.25, 0.3) is 0 Å². The van der Waals surface area contributed by atoms with E-state index in [4.69, 9.17) is 0 Å². The Labute approximate surface area is 140 Å². The van der Waals surface area contributed by atoms with Crippen molar-refractivity contribution in [1.29, 1.82) is 0 Å². The van der Waals surface area contributed by atoms with Gasteiger partial charge in [0.1, 0.15) is 6.29 Å². The van der Waals surface area contributed by atoms with Crippen molar-refractivity contribution in [1.82, 2.24) is 0 Å². The first-order chi connectivity index (χ1) is 11.2. The maximum absolute atomic E-state index is 11.4. The van der Waals surface area contributed by atoms with Gasteiger partial charge in [0.2, 0.25) is 0 Å². The van der Waals surface area contributed by atoms with Crippen LogP contribution in [0, 0.1) is 17.8 Å². The van der Waals surface area contributed by atoms with Crippen LogP contribution in [0.5, 0.6) is 0 Å². The Morgan fingerprint density at radius 1 is 1.04 bits per heavy atom. The number of carbonyl (C=O) groups excluding carboxylic acids is 1. The number of hydrogen-bond acceptors (Lipinski definition) is 2. The molecule has 1 aromatic rings. The predicted molar refractivity (Wildman–Crippen MR) is 95.2 cm³/mol. The number of hydrogen-bond donors (Lipinski definition) is 0. The normalized spacial score (nSPS) is 34.6. The number of benzene rings is 1. The van der Waals surface area contributed by atoms with Crippen LogP contribution in [-0.2, 0) is 5.41 Å². The lowest BCUT2D eigenvalue weighted by atomic mass is 9.48. The van der Waals surface area contributed by atoms with Gasteiger partial charge in [-0.2, -0.15) is 0 Å². The van der Waals surface area contributed by atoms with Crippen LogP contribution >= 0.6 is 0 Å². The summed E-state index contributed by atoms with van der Waals surface area (Å²) in [4.78, 5) is 13.9. The van der Waals surface area contributed by atoms with Crippen molar-refractivity contribution < 1.29 is 4.79 Å². The molecule has 0 saturated heterocycles. The highest BCUT2D eigenvalue weighted by atomic mass is 16.1. The van der Waals surface area contributed by atoms with E-state index in [0.29, 0.717) is 5.41 Å². The van der Waals surface area contributed by atoms with Gasteiger partial charge in [0.15, 0.2) is 0 Å². The first-order valence-corrected chi connectivity index (χ1v) is 9.52. The second kappa shape index (κ2) is 5.65. The van der Waals surface area contributed by atoms with Gasteiger partial charge in [-0.05, 0) is 99.3 Å². The van der Waals surface area contributed by atoms with Crippen molar-refractivity contribution in [2.24, 2.45) is 17.8 Å². The van der Waals surface area contributed by atoms with Gasteiger partial charge in [0.25, 0.3) is 0 Å². The molecule has 5 rings (SSSR count). The summed E-state index contributed by atoms with van der Waals surface area (Å²) < 4.78 is 0. The zero-order valence-electron chi connectivity index (χ0n) is 14.6. The van der Waals surface area contributed by atoms with Crippen molar-refractivity contribution in [3.63, 3.8) is 0 Å². The smallest absolute Gasteiger partial charge is 0.150 e. The molecule has 0 N–H and O–H groups in total. The second-order valence-corrected chi connectivity index (χ2v) is 8.26. The van der Waals surface area contributed by atoms with E-state index in [1.807, 2.05) is 6.07 Å². The first-order valence-electron chi connectivity index (χ1n) is 9.52. The highest BCUT2D eigenvalue weighted by Gasteiger charge is 2.52. The summed E-state index contributed by atoms with van der Waals surface area (Å²) in [5.74, 6) is 2.81. The summed E-state index contributed by atoms with van der Waals surface area (Å²) in [5.41, 5.74) is 4.09. The molecule has 2 nitrogen and oxygen atoms in total. The zero-order chi connectivity index (χ0) is 16.0. The maximum Gasteiger partial charge on any atom is 0.150 e. The molecule has 4 bridgehead atoms. The average Bonchev–Trinajstić information content (AvgIpc) is 2.55. The van der Waals surface area contributed by atoms with Gasteiger partial charge in [-0.25, -0.2) is 0 Å². The van der Waals surface area contributed by atoms with E-state index in [9.17, 15) is 4.79 Å². The molecule has 0 atom stereocenters. The molecule has 0 aliphatic heterocycles. The summed E-state index contributed by atoms with van der Waals surface area (Å²) in [5, 5.41) is 0. The highest BCUT2D eigenvalue weighted by Crippen LogP contribution is 2.61. The van der Waals surface area contributed by atoms with Crippen LogP contribution < -0.4 is 4.90 Å². The molecule has 0 aromatic heterocycles. The molecule has 124 valence electrons. The van der Waals surface area contributed by atoms with E-state index in [1.165, 1.54) is 49.8 Å². The van der Waals surface area contributed by atoms with Crippen molar-refractivity contribution in [3.05, 3.63) is 29.3 Å². The Kier molecular flexibility index (Phi) is 3.74. The van der Waals surface area contributed by atoms with E-state index in [0.717, 1.165) is 42.7 Å². The van der Waals surface area contributed by atoms with Crippen LogP contribution in [0.2, 0.25) is 0 Å². The molecular formula is C21H29NO. The molecule has 2 heteroatoms. The SMILES string of the molecule is CCN(CC)c1ccc(C=O)cc1C12CC3CC(CC(C3)C1)C2. The van der Waals surface area contributed by atoms with E-state index in [2.05, 4.69) is 30.9 Å². The molecule has 23 heavy (non-hydrogen) atoms. The van der Waals surface area contributed by atoms with Crippen molar-refractivity contribution in [2.75, 3.05) is 18.0 Å². The summed E-state index contributed by atoms with van der Waals surface area (Å²) >= 11 is 0. The quantitative estimate of drug-likeness (QED) is 0.727. The number of carbonyl (C=O) groups is 1. The molecule has 4 fully saturated rings. The van der Waals surface area contributed by atoms with Crippen LogP contribution in [-0.4, -0.2) is 19.4 Å². The standard InChI is InChI=1S/C21H29NO/c1-3-22(4-2)20-6-5-15(14-23)10-19(20)21-11-16-7-17(12-21)9-18(8-16)13-21/h5-6,10,14,16-18H,3-4,7-9,11-13H2,1-2H3. The molecule has 4 aliphatic carbocycles. The van der Waals surface area contributed by atoms with E-state index in [-0.39, 0.29) is 0 Å². The molecule has 0 spiro atoms. The third-order valence-corrected chi connectivity index (χ3v) is 6.87. The lowest BCUT2D eigenvalue weighted by Crippen LogP contribution is -2.49. The van der Waals surface area contributed by atoms with Crippen LogP contribution in [0.3, 0.4) is 0 Å². The third kappa shape index (κ3) is 2.42. The highest BCUT2D eigenvalue weighted by molar-refractivity contribution is 5.77. The molecule has 0 heterocycles. The van der Waals surface area contributed by atoms with Gasteiger partial charge in [0, 0.05) is 24.3 Å². The van der Waals surface area contributed by atoms with Crippen molar-refractivity contribution >= 4 is 12.0 Å². The monoisotopic (exact) mass is 311 g/mol. The van der Waals surface area contributed by atoms with E-state index >= 15 is 0 Å². The Morgan fingerprint density at radius 2 is 1.61 bits per heavy atom. The lowest BCUT2D eigenvalue weighted by Gasteiger charge is -2.57. The number of aldehydes is 1. The minimum absolute atomic E-state index is 0.353. The van der Waals surface area contributed by atoms with Crippen LogP contribution in [0.4, 0.5) is 5.69 Å². The van der Waals surface area contributed by atoms with Crippen molar-refractivity contribution in [3.8, 4) is 0 Å². The average molecular weight is 311 g/mol. The summed E-state index contributed by atoms with van der Waals surface area (Å²) in [7, 11) is 0. The van der Waals surface area contributed by atoms with Crippen LogP contribution in [0.15, 0.2) is 18.2 Å². The fraction of sp³-hybridized carbons (Fsp3) is 0.667. The fourth-order valence-electron chi connectivity index (χ4n) is 6.33. The Bertz CT molecular complexity index is 567. The minimum Gasteiger partial charge on any atom is -0.372 e. The van der Waals surface area contributed by atoms with Gasteiger partial charge >= 0.3 is 0 Å². The Balaban J connectivity index is 1.81. The molecule has 1 aromatic carbocycles. The molecule has 0 amide bonds. The van der Waals surface area contributed by atoms with Crippen LogP contribution in [0.1, 0.15) is 68.3 Å². The molecule has 0 radical (unpaired) electrons. The van der Waals surface area contributed by atoms with Gasteiger partial charge in [-0.15, -0.1) is 0 Å². The molecule has 4 saturated carbocycles. The summed E-state index contributed by atoms with van der Waals surface area (Å²) in [6.45, 7) is 6.55. The van der Waals surface area contributed by atoms with Gasteiger partial charge in [0.05, 0.1) is 0 Å². The van der Waals surface area contributed by atoms with Crippen molar-refractivity contribution in [2.45, 2.75) is 57.8 Å². The number of anilines is 1. The topological polar surface area (TPSA) is 20.3 Å². The van der Waals surface area contributed by atoms with Gasteiger partial charge < -0.3 is 4.90 Å². The molecule has 0 unspecified atom stereocenters. The fourth-order valence-corrected chi connectivity index (χ4v) is 6.33. The first kappa shape index (κ1) is 15.2. The second-order valence-electron chi connectivity index (χ2n) is 8.26. The Morgan fingerprint density at radius 3 is 2.09 bits per heavy atom. The van der Waals surface area contributed by atoms with Gasteiger partial charge in [-0.3, -0.25) is 4.79 Å². The minimum atomic E-state index is 0.353. The third-order valence-electron chi connectivity index (χ3n) is 6.87. The summed E-state index contributed by atoms with van der Waals surface area (Å²) in [6.07, 6.45) is 9.49. The lowest BCUT2D eigenvalue weighted by molar-refractivity contribution is -0.00498. The van der Waals surface area contributed by atoms with E-state index in [1.54, 1.807) is 0 Å². The maximum atomic E-state index is 11.4. The predicted octanol–water partition coefficient (Wildman–Crippen LogP) is 4.81. The van der Waals surface area contributed by atoms with Gasteiger partial charge in [-0.1, -0.05) is 0 Å². The molecular weight excluding hydrogens is 282 g/mol. The number of nitrogens with zero attached hydrogens (tertiary/aromatic N) is 1. The van der Waals surface area contributed by atoms with E-state index < -0.39 is 0 Å². The Hall–Kier alpha value is -1.31.